The molecule has 2 nitrogen and oxygen atoms in total. The van der Waals surface area contributed by atoms with E-state index in [1.165, 1.54) is 28.1 Å². The van der Waals surface area contributed by atoms with Crippen molar-refractivity contribution in [2.75, 3.05) is 19.0 Å². The predicted octanol–water partition coefficient (Wildman–Crippen LogP) is 4.55. The molecule has 0 saturated heterocycles. The van der Waals surface area contributed by atoms with E-state index in [2.05, 4.69) is 83.4 Å². The number of hydrogen-bond acceptors (Lipinski definition) is 2. The Morgan fingerprint density at radius 1 is 1.00 bits per heavy atom. The SMILES string of the molecule is CNCc1ccc(N(C)c2cc(C)cc(C)c2)cc1Br. The molecule has 1 N–H and O–H groups in total. The zero-order chi connectivity index (χ0) is 14.7. The van der Waals surface area contributed by atoms with E-state index in [0.29, 0.717) is 0 Å². The number of benzene rings is 2. The maximum atomic E-state index is 3.65. The Bertz CT molecular complexity index is 588. The van der Waals surface area contributed by atoms with Crippen LogP contribution in [0.15, 0.2) is 40.9 Å². The van der Waals surface area contributed by atoms with Crippen LogP contribution >= 0.6 is 15.9 Å². The molecule has 0 aromatic heterocycles. The van der Waals surface area contributed by atoms with E-state index in [0.717, 1.165) is 11.0 Å². The largest absolute Gasteiger partial charge is 0.345 e. The molecule has 106 valence electrons. The highest BCUT2D eigenvalue weighted by Crippen LogP contribution is 2.29. The van der Waals surface area contributed by atoms with Gasteiger partial charge in [0.15, 0.2) is 0 Å². The van der Waals surface area contributed by atoms with Crippen LogP contribution in [0.5, 0.6) is 0 Å². The van der Waals surface area contributed by atoms with Crippen LogP contribution in [0.3, 0.4) is 0 Å². The first-order valence-electron chi connectivity index (χ1n) is 6.76. The van der Waals surface area contributed by atoms with E-state index in [1.54, 1.807) is 0 Å². The topological polar surface area (TPSA) is 15.3 Å². The Kier molecular flexibility index (Phi) is 4.84. The second-order valence-electron chi connectivity index (χ2n) is 5.21. The summed E-state index contributed by atoms with van der Waals surface area (Å²) in [4.78, 5) is 2.22. The molecular formula is C17H21BrN2. The highest BCUT2D eigenvalue weighted by Gasteiger charge is 2.07. The van der Waals surface area contributed by atoms with Gasteiger partial charge in [0, 0.05) is 29.4 Å². The summed E-state index contributed by atoms with van der Waals surface area (Å²) >= 11 is 3.65. The Labute approximate surface area is 129 Å². The third-order valence-corrected chi connectivity index (χ3v) is 4.12. The number of rotatable bonds is 4. The molecule has 0 atom stereocenters. The minimum Gasteiger partial charge on any atom is -0.345 e. The van der Waals surface area contributed by atoms with Crippen molar-refractivity contribution < 1.29 is 0 Å². The summed E-state index contributed by atoms with van der Waals surface area (Å²) in [6.45, 7) is 5.14. The monoisotopic (exact) mass is 332 g/mol. The minimum atomic E-state index is 0.869. The van der Waals surface area contributed by atoms with E-state index in [4.69, 9.17) is 0 Å². The lowest BCUT2D eigenvalue weighted by Gasteiger charge is -2.21. The number of nitrogens with one attached hydrogen (secondary N) is 1. The van der Waals surface area contributed by atoms with Gasteiger partial charge in [0.25, 0.3) is 0 Å². The zero-order valence-corrected chi connectivity index (χ0v) is 14.1. The van der Waals surface area contributed by atoms with Crippen molar-refractivity contribution in [2.45, 2.75) is 20.4 Å². The van der Waals surface area contributed by atoms with E-state index >= 15 is 0 Å². The maximum Gasteiger partial charge on any atom is 0.0419 e. The molecule has 0 spiro atoms. The molecule has 0 aliphatic rings. The summed E-state index contributed by atoms with van der Waals surface area (Å²) in [6, 6.07) is 13.1. The van der Waals surface area contributed by atoms with E-state index in [9.17, 15) is 0 Å². The molecule has 0 amide bonds. The fourth-order valence-corrected chi connectivity index (χ4v) is 2.88. The Balaban J connectivity index is 2.33. The average molecular weight is 333 g/mol. The predicted molar refractivity (Wildman–Crippen MR) is 90.9 cm³/mol. The van der Waals surface area contributed by atoms with Crippen molar-refractivity contribution in [1.29, 1.82) is 0 Å². The normalized spacial score (nSPS) is 10.7. The maximum absolute atomic E-state index is 3.65. The van der Waals surface area contributed by atoms with Crippen LogP contribution in [0.25, 0.3) is 0 Å². The summed E-state index contributed by atoms with van der Waals surface area (Å²) in [5, 5.41) is 3.18. The fourth-order valence-electron chi connectivity index (χ4n) is 2.37. The van der Waals surface area contributed by atoms with Gasteiger partial charge in [-0.15, -0.1) is 0 Å². The van der Waals surface area contributed by atoms with Gasteiger partial charge in [-0.05, 0) is 61.9 Å². The highest BCUT2D eigenvalue weighted by molar-refractivity contribution is 9.10. The van der Waals surface area contributed by atoms with Crippen LogP contribution < -0.4 is 10.2 Å². The lowest BCUT2D eigenvalue weighted by Crippen LogP contribution is -2.11. The van der Waals surface area contributed by atoms with Crippen LogP contribution in [0.2, 0.25) is 0 Å². The van der Waals surface area contributed by atoms with E-state index in [-0.39, 0.29) is 0 Å². The molecule has 0 heterocycles. The van der Waals surface area contributed by atoms with Crippen LogP contribution in [0, 0.1) is 13.8 Å². The van der Waals surface area contributed by atoms with Crippen LogP contribution in [0.1, 0.15) is 16.7 Å². The van der Waals surface area contributed by atoms with Crippen molar-refractivity contribution in [2.24, 2.45) is 0 Å². The fraction of sp³-hybridized carbons (Fsp3) is 0.294. The molecule has 2 aromatic carbocycles. The van der Waals surface area contributed by atoms with Gasteiger partial charge in [0.1, 0.15) is 0 Å². The van der Waals surface area contributed by atoms with Crippen molar-refractivity contribution in [3.63, 3.8) is 0 Å². The Morgan fingerprint density at radius 3 is 2.20 bits per heavy atom. The third-order valence-electron chi connectivity index (χ3n) is 3.38. The van der Waals surface area contributed by atoms with E-state index in [1.807, 2.05) is 7.05 Å². The van der Waals surface area contributed by atoms with Crippen LogP contribution in [-0.2, 0) is 6.54 Å². The summed E-state index contributed by atoms with van der Waals surface area (Å²) in [7, 11) is 4.07. The molecule has 0 fully saturated rings. The molecule has 2 rings (SSSR count). The first-order valence-corrected chi connectivity index (χ1v) is 7.55. The standard InChI is InChI=1S/C17H21BrN2/c1-12-7-13(2)9-16(8-12)20(4)15-6-5-14(11-19-3)17(18)10-15/h5-10,19H,11H2,1-4H3. The summed E-state index contributed by atoms with van der Waals surface area (Å²) in [6.07, 6.45) is 0. The van der Waals surface area contributed by atoms with Crippen molar-refractivity contribution >= 4 is 27.3 Å². The quantitative estimate of drug-likeness (QED) is 0.883. The minimum absolute atomic E-state index is 0.869. The van der Waals surface area contributed by atoms with Gasteiger partial charge in [0.2, 0.25) is 0 Å². The van der Waals surface area contributed by atoms with Gasteiger partial charge in [-0.3, -0.25) is 0 Å². The van der Waals surface area contributed by atoms with Crippen molar-refractivity contribution in [3.05, 3.63) is 57.6 Å². The molecule has 0 bridgehead atoms. The molecule has 0 radical (unpaired) electrons. The number of aryl methyl sites for hydroxylation is 2. The van der Waals surface area contributed by atoms with Gasteiger partial charge < -0.3 is 10.2 Å². The Morgan fingerprint density at radius 2 is 1.65 bits per heavy atom. The lowest BCUT2D eigenvalue weighted by atomic mass is 10.1. The molecule has 20 heavy (non-hydrogen) atoms. The lowest BCUT2D eigenvalue weighted by molar-refractivity contribution is 0.814. The first kappa shape index (κ1) is 15.1. The average Bonchev–Trinajstić information content (AvgIpc) is 2.39. The number of halogens is 1. The highest BCUT2D eigenvalue weighted by atomic mass is 79.9. The number of anilines is 2. The second-order valence-corrected chi connectivity index (χ2v) is 6.07. The zero-order valence-electron chi connectivity index (χ0n) is 12.5. The molecule has 2 aromatic rings. The molecule has 0 aliphatic heterocycles. The van der Waals surface area contributed by atoms with Crippen molar-refractivity contribution in [1.82, 2.24) is 5.32 Å². The van der Waals surface area contributed by atoms with Gasteiger partial charge >= 0.3 is 0 Å². The van der Waals surface area contributed by atoms with Crippen LogP contribution in [0.4, 0.5) is 11.4 Å². The van der Waals surface area contributed by atoms with Gasteiger partial charge in [-0.1, -0.05) is 28.1 Å². The second kappa shape index (κ2) is 6.42. The number of hydrogen-bond donors (Lipinski definition) is 1. The smallest absolute Gasteiger partial charge is 0.0419 e. The molecule has 0 saturated carbocycles. The molecule has 0 unspecified atom stereocenters. The van der Waals surface area contributed by atoms with Crippen molar-refractivity contribution in [3.8, 4) is 0 Å². The van der Waals surface area contributed by atoms with Crippen LogP contribution in [-0.4, -0.2) is 14.1 Å². The number of nitrogens with zero attached hydrogens (tertiary/aromatic N) is 1. The molecule has 0 aliphatic carbocycles. The first-order chi connectivity index (χ1) is 9.51. The summed E-state index contributed by atoms with van der Waals surface area (Å²) < 4.78 is 1.14. The van der Waals surface area contributed by atoms with Gasteiger partial charge in [0.05, 0.1) is 0 Å². The molecular weight excluding hydrogens is 312 g/mol. The van der Waals surface area contributed by atoms with E-state index < -0.39 is 0 Å². The Hall–Kier alpha value is -1.32. The molecule has 3 heteroatoms. The summed E-state index contributed by atoms with van der Waals surface area (Å²) in [5.41, 5.74) is 6.25. The van der Waals surface area contributed by atoms with Gasteiger partial charge in [-0.25, -0.2) is 0 Å². The third kappa shape index (κ3) is 3.41. The van der Waals surface area contributed by atoms with Gasteiger partial charge in [-0.2, -0.15) is 0 Å². The summed E-state index contributed by atoms with van der Waals surface area (Å²) in [5.74, 6) is 0.